The highest BCUT2D eigenvalue weighted by atomic mass is 16.4. The molecule has 0 unspecified atom stereocenters. The molecule has 0 saturated carbocycles. The van der Waals surface area contributed by atoms with Crippen molar-refractivity contribution in [3.63, 3.8) is 0 Å². The van der Waals surface area contributed by atoms with Crippen molar-refractivity contribution < 1.29 is 14.7 Å². The first-order chi connectivity index (χ1) is 9.93. The summed E-state index contributed by atoms with van der Waals surface area (Å²) in [4.78, 5) is 24.7. The lowest BCUT2D eigenvalue weighted by Crippen LogP contribution is -2.36. The average Bonchev–Trinajstić information content (AvgIpc) is 2.43. The highest BCUT2D eigenvalue weighted by Crippen LogP contribution is 2.11. The van der Waals surface area contributed by atoms with Crippen molar-refractivity contribution >= 4 is 11.9 Å². The van der Waals surface area contributed by atoms with Gasteiger partial charge in [-0.2, -0.15) is 5.26 Å². The van der Waals surface area contributed by atoms with Crippen LogP contribution in [0, 0.1) is 17.2 Å². The molecule has 0 spiro atoms. The van der Waals surface area contributed by atoms with Crippen molar-refractivity contribution in [1.82, 2.24) is 4.90 Å². The van der Waals surface area contributed by atoms with Gasteiger partial charge >= 0.3 is 5.97 Å². The molecular formula is C16H20N2O3. The molecule has 1 amide bonds. The van der Waals surface area contributed by atoms with Gasteiger partial charge in [-0.1, -0.05) is 26.0 Å². The van der Waals surface area contributed by atoms with Gasteiger partial charge in [0.15, 0.2) is 0 Å². The van der Waals surface area contributed by atoms with Gasteiger partial charge in [0.1, 0.15) is 0 Å². The summed E-state index contributed by atoms with van der Waals surface area (Å²) in [5, 5.41) is 17.4. The largest absolute Gasteiger partial charge is 0.481 e. The van der Waals surface area contributed by atoms with Crippen LogP contribution in [-0.4, -0.2) is 35.0 Å². The number of nitrogens with zero attached hydrogens (tertiary/aromatic N) is 2. The number of amides is 1. The Kier molecular flexibility index (Phi) is 6.41. The number of carboxylic acids is 1. The Hall–Kier alpha value is -2.35. The first-order valence-corrected chi connectivity index (χ1v) is 6.91. The molecule has 0 saturated heterocycles. The average molecular weight is 288 g/mol. The van der Waals surface area contributed by atoms with E-state index in [2.05, 4.69) is 6.07 Å². The Bertz CT molecular complexity index is 529. The van der Waals surface area contributed by atoms with E-state index in [1.807, 2.05) is 13.8 Å². The van der Waals surface area contributed by atoms with Crippen LogP contribution in [0.15, 0.2) is 24.3 Å². The molecule has 0 aliphatic rings. The van der Waals surface area contributed by atoms with Crippen molar-refractivity contribution in [2.75, 3.05) is 13.1 Å². The minimum Gasteiger partial charge on any atom is -0.481 e. The van der Waals surface area contributed by atoms with Crippen molar-refractivity contribution in [2.24, 2.45) is 5.92 Å². The van der Waals surface area contributed by atoms with Crippen molar-refractivity contribution in [3.05, 3.63) is 35.4 Å². The van der Waals surface area contributed by atoms with Gasteiger partial charge in [0.2, 0.25) is 0 Å². The molecule has 1 N–H and O–H groups in total. The second-order valence-electron chi connectivity index (χ2n) is 5.32. The van der Waals surface area contributed by atoms with E-state index >= 15 is 0 Å². The smallest absolute Gasteiger partial charge is 0.305 e. The first-order valence-electron chi connectivity index (χ1n) is 6.91. The van der Waals surface area contributed by atoms with Gasteiger partial charge < -0.3 is 10.0 Å². The molecule has 112 valence electrons. The standard InChI is InChI=1S/C16H20N2O3/c1-12(2)11-18(10-8-15(19)20)16(21)14-5-3-13(4-6-14)7-9-17/h3-6,12H,7-8,10-11H2,1-2H3,(H,19,20). The van der Waals surface area contributed by atoms with Gasteiger partial charge in [-0.3, -0.25) is 9.59 Å². The molecule has 0 atom stereocenters. The van der Waals surface area contributed by atoms with E-state index in [0.29, 0.717) is 18.5 Å². The van der Waals surface area contributed by atoms with E-state index in [4.69, 9.17) is 10.4 Å². The number of carboxylic acid groups (broad SMARTS) is 1. The van der Waals surface area contributed by atoms with Crippen LogP contribution in [-0.2, 0) is 11.2 Å². The topological polar surface area (TPSA) is 81.4 Å². The quantitative estimate of drug-likeness (QED) is 0.834. The zero-order valence-corrected chi connectivity index (χ0v) is 12.4. The Labute approximate surface area is 124 Å². The maximum Gasteiger partial charge on any atom is 0.305 e. The number of benzene rings is 1. The first kappa shape index (κ1) is 16.7. The third-order valence-electron chi connectivity index (χ3n) is 2.95. The molecule has 1 aromatic rings. The van der Waals surface area contributed by atoms with Gasteiger partial charge in [-0.25, -0.2) is 0 Å². The maximum absolute atomic E-state index is 12.4. The summed E-state index contributed by atoms with van der Waals surface area (Å²) in [6.07, 6.45) is 0.244. The molecule has 0 heterocycles. The number of hydrogen-bond donors (Lipinski definition) is 1. The molecule has 0 radical (unpaired) electrons. The Morgan fingerprint density at radius 1 is 1.29 bits per heavy atom. The molecule has 5 heteroatoms. The van der Waals surface area contributed by atoms with Crippen LogP contribution in [0.2, 0.25) is 0 Å². The molecule has 1 rings (SSSR count). The van der Waals surface area contributed by atoms with Gasteiger partial charge in [-0.05, 0) is 23.6 Å². The van der Waals surface area contributed by atoms with E-state index in [1.165, 1.54) is 0 Å². The third-order valence-corrected chi connectivity index (χ3v) is 2.95. The van der Waals surface area contributed by atoms with Crippen molar-refractivity contribution in [2.45, 2.75) is 26.7 Å². The lowest BCUT2D eigenvalue weighted by Gasteiger charge is -2.24. The van der Waals surface area contributed by atoms with E-state index < -0.39 is 5.97 Å². The summed E-state index contributed by atoms with van der Waals surface area (Å²) in [7, 11) is 0. The van der Waals surface area contributed by atoms with Crippen molar-refractivity contribution in [1.29, 1.82) is 5.26 Å². The SMILES string of the molecule is CC(C)CN(CCC(=O)O)C(=O)c1ccc(CC#N)cc1. The summed E-state index contributed by atoms with van der Waals surface area (Å²) in [5.41, 5.74) is 1.37. The number of aliphatic carboxylic acids is 1. The molecule has 5 nitrogen and oxygen atoms in total. The molecule has 1 aromatic carbocycles. The number of carbonyl (C=O) groups is 2. The molecule has 0 aliphatic heterocycles. The van der Waals surface area contributed by atoms with Gasteiger partial charge in [-0.15, -0.1) is 0 Å². The van der Waals surface area contributed by atoms with Crippen LogP contribution in [0.5, 0.6) is 0 Å². The number of hydrogen-bond acceptors (Lipinski definition) is 3. The van der Waals surface area contributed by atoms with Crippen LogP contribution in [0.25, 0.3) is 0 Å². The Balaban J connectivity index is 2.82. The van der Waals surface area contributed by atoms with E-state index in [-0.39, 0.29) is 24.8 Å². The molecule has 0 fully saturated rings. The van der Waals surface area contributed by atoms with Gasteiger partial charge in [0, 0.05) is 18.7 Å². The minimum absolute atomic E-state index is 0.0645. The minimum atomic E-state index is -0.916. The highest BCUT2D eigenvalue weighted by molar-refractivity contribution is 5.94. The second-order valence-corrected chi connectivity index (χ2v) is 5.32. The molecule has 0 aromatic heterocycles. The monoisotopic (exact) mass is 288 g/mol. The normalized spacial score (nSPS) is 10.2. The van der Waals surface area contributed by atoms with E-state index in [0.717, 1.165) is 5.56 Å². The van der Waals surface area contributed by atoms with Crippen LogP contribution in [0.1, 0.15) is 36.2 Å². The summed E-state index contributed by atoms with van der Waals surface area (Å²) >= 11 is 0. The fourth-order valence-corrected chi connectivity index (χ4v) is 1.99. The zero-order valence-electron chi connectivity index (χ0n) is 12.4. The van der Waals surface area contributed by atoms with Crippen LogP contribution < -0.4 is 0 Å². The van der Waals surface area contributed by atoms with Gasteiger partial charge in [0.25, 0.3) is 5.91 Å². The lowest BCUT2D eigenvalue weighted by atomic mass is 10.1. The third kappa shape index (κ3) is 5.65. The van der Waals surface area contributed by atoms with Crippen LogP contribution in [0.4, 0.5) is 0 Å². The zero-order chi connectivity index (χ0) is 15.8. The number of rotatable bonds is 7. The fraction of sp³-hybridized carbons (Fsp3) is 0.438. The summed E-state index contributed by atoms with van der Waals surface area (Å²) < 4.78 is 0. The summed E-state index contributed by atoms with van der Waals surface area (Å²) in [5.74, 6) is -0.824. The molecule has 0 bridgehead atoms. The maximum atomic E-state index is 12.4. The molecule has 0 aliphatic carbocycles. The Morgan fingerprint density at radius 3 is 2.38 bits per heavy atom. The second kappa shape index (κ2) is 8.05. The van der Waals surface area contributed by atoms with E-state index in [1.54, 1.807) is 29.2 Å². The van der Waals surface area contributed by atoms with Crippen LogP contribution in [0.3, 0.4) is 0 Å². The summed E-state index contributed by atoms with van der Waals surface area (Å²) in [6.45, 7) is 4.69. The number of nitriles is 1. The van der Waals surface area contributed by atoms with E-state index in [9.17, 15) is 9.59 Å². The summed E-state index contributed by atoms with van der Waals surface area (Å²) in [6, 6.07) is 8.92. The number of carbonyl (C=O) groups excluding carboxylic acids is 1. The Morgan fingerprint density at radius 2 is 1.90 bits per heavy atom. The van der Waals surface area contributed by atoms with Gasteiger partial charge in [0.05, 0.1) is 18.9 Å². The van der Waals surface area contributed by atoms with Crippen LogP contribution >= 0.6 is 0 Å². The molecular weight excluding hydrogens is 268 g/mol. The van der Waals surface area contributed by atoms with Crippen molar-refractivity contribution in [3.8, 4) is 6.07 Å². The predicted octanol–water partition coefficient (Wildman–Crippen LogP) is 2.33. The fourth-order valence-electron chi connectivity index (χ4n) is 1.99. The lowest BCUT2D eigenvalue weighted by molar-refractivity contribution is -0.137. The highest BCUT2D eigenvalue weighted by Gasteiger charge is 2.17. The molecule has 21 heavy (non-hydrogen) atoms. The predicted molar refractivity (Wildman–Crippen MR) is 78.8 cm³/mol.